The topological polar surface area (TPSA) is 41.1 Å². The highest BCUT2D eigenvalue weighted by molar-refractivity contribution is 5.89. The van der Waals surface area contributed by atoms with E-state index in [1.807, 2.05) is 26.0 Å². The van der Waals surface area contributed by atoms with E-state index in [-0.39, 0.29) is 22.3 Å². The highest BCUT2D eigenvalue weighted by Crippen LogP contribution is 2.31. The van der Waals surface area contributed by atoms with E-state index in [2.05, 4.69) is 32.3 Å². The molecule has 0 saturated heterocycles. The Balaban J connectivity index is 1.60. The average molecular weight is 418 g/mol. The van der Waals surface area contributed by atoms with Gasteiger partial charge in [0.1, 0.15) is 11.6 Å². The van der Waals surface area contributed by atoms with Gasteiger partial charge in [-0.1, -0.05) is 24.3 Å². The highest BCUT2D eigenvalue weighted by atomic mass is 19.4. The Kier molecular flexibility index (Phi) is 5.13. The Hall–Kier alpha value is -2.74. The number of anilines is 1. The Labute approximate surface area is 171 Å². The number of rotatable bonds is 4. The van der Waals surface area contributed by atoms with Crippen molar-refractivity contribution < 1.29 is 17.6 Å². The maximum absolute atomic E-state index is 13.7. The van der Waals surface area contributed by atoms with E-state index in [9.17, 15) is 17.6 Å². The molecule has 8 heteroatoms. The molecule has 3 aromatic rings. The summed E-state index contributed by atoms with van der Waals surface area (Å²) >= 11 is 0. The summed E-state index contributed by atoms with van der Waals surface area (Å²) in [5.41, 5.74) is 2.26. The van der Waals surface area contributed by atoms with Crippen LogP contribution in [0.3, 0.4) is 0 Å². The second-order valence-corrected chi connectivity index (χ2v) is 8.16. The summed E-state index contributed by atoms with van der Waals surface area (Å²) in [4.78, 5) is 9.51. The number of halogens is 4. The van der Waals surface area contributed by atoms with Crippen molar-refractivity contribution in [2.75, 3.05) is 18.4 Å². The fourth-order valence-corrected chi connectivity index (χ4v) is 3.79. The standard InChI is InChI=1S/C22H22F4N4/c1-21(2,30-10-9-14-5-3-4-6-15(14)12-30)13-27-19-17-11-16(23)7-8-18(17)28-20(29-19)22(24,25)26/h3-8,11H,9-10,12-13H2,1-2H3,(H,27,28,29). The van der Waals surface area contributed by atoms with E-state index in [0.717, 1.165) is 31.6 Å². The van der Waals surface area contributed by atoms with Crippen molar-refractivity contribution in [1.29, 1.82) is 0 Å². The second-order valence-electron chi connectivity index (χ2n) is 8.16. The fraction of sp³-hybridized carbons (Fsp3) is 0.364. The van der Waals surface area contributed by atoms with Gasteiger partial charge in [-0.25, -0.2) is 14.4 Å². The van der Waals surface area contributed by atoms with Crippen LogP contribution in [0.15, 0.2) is 42.5 Å². The SMILES string of the molecule is CC(C)(CNc1nc(C(F)(F)F)nc2ccc(F)cc12)N1CCc2ccccc2C1. The van der Waals surface area contributed by atoms with Crippen molar-refractivity contribution in [2.24, 2.45) is 0 Å². The van der Waals surface area contributed by atoms with E-state index in [0.29, 0.717) is 6.54 Å². The molecule has 158 valence electrons. The number of nitrogens with one attached hydrogen (secondary N) is 1. The first-order chi connectivity index (χ1) is 14.1. The van der Waals surface area contributed by atoms with Gasteiger partial charge in [-0.3, -0.25) is 4.90 Å². The summed E-state index contributed by atoms with van der Waals surface area (Å²) in [6.45, 7) is 6.01. The molecule has 0 fully saturated rings. The Bertz CT molecular complexity index is 1080. The van der Waals surface area contributed by atoms with Gasteiger partial charge < -0.3 is 5.32 Å². The van der Waals surface area contributed by atoms with Gasteiger partial charge >= 0.3 is 6.18 Å². The molecule has 1 N–H and O–H groups in total. The Morgan fingerprint density at radius 2 is 1.77 bits per heavy atom. The predicted molar refractivity (Wildman–Crippen MR) is 108 cm³/mol. The van der Waals surface area contributed by atoms with Crippen LogP contribution in [0.2, 0.25) is 0 Å². The third-order valence-corrected chi connectivity index (χ3v) is 5.59. The monoisotopic (exact) mass is 418 g/mol. The van der Waals surface area contributed by atoms with Crippen LogP contribution in [-0.2, 0) is 19.1 Å². The predicted octanol–water partition coefficient (Wildman–Crippen LogP) is 5.04. The normalized spacial score (nSPS) is 15.3. The van der Waals surface area contributed by atoms with Crippen molar-refractivity contribution in [3.05, 3.63) is 65.2 Å². The van der Waals surface area contributed by atoms with Crippen LogP contribution in [0.1, 0.15) is 30.8 Å². The van der Waals surface area contributed by atoms with Gasteiger partial charge in [0.25, 0.3) is 0 Å². The smallest absolute Gasteiger partial charge is 0.368 e. The van der Waals surface area contributed by atoms with Gasteiger partial charge in [0.05, 0.1) is 5.52 Å². The number of hydrogen-bond donors (Lipinski definition) is 1. The van der Waals surface area contributed by atoms with E-state index >= 15 is 0 Å². The van der Waals surface area contributed by atoms with Crippen molar-refractivity contribution in [2.45, 2.75) is 38.5 Å². The summed E-state index contributed by atoms with van der Waals surface area (Å²) < 4.78 is 53.5. The molecule has 0 atom stereocenters. The minimum Gasteiger partial charge on any atom is -0.368 e. The van der Waals surface area contributed by atoms with Crippen LogP contribution in [0, 0.1) is 5.82 Å². The van der Waals surface area contributed by atoms with Crippen LogP contribution < -0.4 is 5.32 Å². The second kappa shape index (κ2) is 7.50. The van der Waals surface area contributed by atoms with Gasteiger partial charge in [-0.2, -0.15) is 13.2 Å². The van der Waals surface area contributed by atoms with Crippen LogP contribution in [0.5, 0.6) is 0 Å². The lowest BCUT2D eigenvalue weighted by Crippen LogP contribution is -2.50. The lowest BCUT2D eigenvalue weighted by molar-refractivity contribution is -0.144. The molecule has 30 heavy (non-hydrogen) atoms. The summed E-state index contributed by atoms with van der Waals surface area (Å²) in [7, 11) is 0. The number of hydrogen-bond acceptors (Lipinski definition) is 4. The zero-order chi connectivity index (χ0) is 21.5. The maximum atomic E-state index is 13.7. The molecular formula is C22H22F4N4. The summed E-state index contributed by atoms with van der Waals surface area (Å²) in [5.74, 6) is -1.81. The molecule has 4 nitrogen and oxygen atoms in total. The number of alkyl halides is 3. The van der Waals surface area contributed by atoms with Gasteiger partial charge in [0.15, 0.2) is 0 Å². The molecule has 0 unspecified atom stereocenters. The number of benzene rings is 2. The van der Waals surface area contributed by atoms with E-state index in [1.54, 1.807) is 0 Å². The third kappa shape index (κ3) is 4.09. The van der Waals surface area contributed by atoms with Crippen LogP contribution in [0.25, 0.3) is 10.9 Å². The molecular weight excluding hydrogens is 396 g/mol. The van der Waals surface area contributed by atoms with Crippen molar-refractivity contribution in [3.8, 4) is 0 Å². The van der Waals surface area contributed by atoms with Crippen LogP contribution in [0.4, 0.5) is 23.4 Å². The molecule has 1 aromatic heterocycles. The molecule has 1 aliphatic rings. The highest BCUT2D eigenvalue weighted by Gasteiger charge is 2.36. The first-order valence-corrected chi connectivity index (χ1v) is 9.74. The van der Waals surface area contributed by atoms with E-state index < -0.39 is 17.8 Å². The van der Waals surface area contributed by atoms with Crippen LogP contribution >= 0.6 is 0 Å². The molecule has 0 amide bonds. The molecule has 0 aliphatic carbocycles. The minimum atomic E-state index is -4.69. The molecule has 2 heterocycles. The first kappa shape index (κ1) is 20.5. The molecule has 2 aromatic carbocycles. The minimum absolute atomic E-state index is 0.0164. The van der Waals surface area contributed by atoms with Gasteiger partial charge in [-0.05, 0) is 49.6 Å². The first-order valence-electron chi connectivity index (χ1n) is 9.74. The molecule has 0 saturated carbocycles. The summed E-state index contributed by atoms with van der Waals surface area (Å²) in [5, 5.41) is 3.25. The van der Waals surface area contributed by atoms with Gasteiger partial charge in [0, 0.05) is 30.6 Å². The number of nitrogens with zero attached hydrogens (tertiary/aromatic N) is 3. The molecule has 0 spiro atoms. The third-order valence-electron chi connectivity index (χ3n) is 5.59. The number of fused-ring (bicyclic) bond motifs is 2. The summed E-state index contributed by atoms with van der Waals surface area (Å²) in [6.07, 6.45) is -3.77. The van der Waals surface area contributed by atoms with Crippen molar-refractivity contribution >= 4 is 16.7 Å². The Morgan fingerprint density at radius 3 is 2.50 bits per heavy atom. The molecule has 0 bridgehead atoms. The van der Waals surface area contributed by atoms with Crippen molar-refractivity contribution in [1.82, 2.24) is 14.9 Å². The van der Waals surface area contributed by atoms with Gasteiger partial charge in [-0.15, -0.1) is 0 Å². The number of aromatic nitrogens is 2. The fourth-order valence-electron chi connectivity index (χ4n) is 3.79. The largest absolute Gasteiger partial charge is 0.451 e. The van der Waals surface area contributed by atoms with Gasteiger partial charge in [0.2, 0.25) is 5.82 Å². The zero-order valence-electron chi connectivity index (χ0n) is 16.7. The Morgan fingerprint density at radius 1 is 1.03 bits per heavy atom. The molecule has 1 aliphatic heterocycles. The lowest BCUT2D eigenvalue weighted by Gasteiger charge is -2.41. The zero-order valence-corrected chi connectivity index (χ0v) is 16.7. The van der Waals surface area contributed by atoms with E-state index in [4.69, 9.17) is 0 Å². The average Bonchev–Trinajstić information content (AvgIpc) is 2.71. The van der Waals surface area contributed by atoms with Crippen LogP contribution in [-0.4, -0.2) is 33.5 Å². The van der Waals surface area contributed by atoms with E-state index in [1.165, 1.54) is 17.2 Å². The lowest BCUT2D eigenvalue weighted by atomic mass is 9.94. The quantitative estimate of drug-likeness (QED) is 0.603. The molecule has 4 rings (SSSR count). The van der Waals surface area contributed by atoms with Crippen molar-refractivity contribution in [3.63, 3.8) is 0 Å². The maximum Gasteiger partial charge on any atom is 0.451 e. The molecule has 0 radical (unpaired) electrons. The summed E-state index contributed by atoms with van der Waals surface area (Å²) in [6, 6.07) is 11.7.